The lowest BCUT2D eigenvalue weighted by Crippen LogP contribution is -1.95. The molecule has 106 valence electrons. The highest BCUT2D eigenvalue weighted by Crippen LogP contribution is 2.36. The second-order valence-electron chi connectivity index (χ2n) is 5.49. The van der Waals surface area contributed by atoms with E-state index in [-0.39, 0.29) is 0 Å². The van der Waals surface area contributed by atoms with Crippen LogP contribution in [-0.4, -0.2) is 13.3 Å². The smallest absolute Gasteiger partial charge is 0.106 e. The molecule has 0 unspecified atom stereocenters. The van der Waals surface area contributed by atoms with Gasteiger partial charge in [0.05, 0.1) is 6.21 Å². The minimum absolute atomic E-state index is 1.01. The molecule has 1 aliphatic rings. The predicted molar refractivity (Wildman–Crippen MR) is 89.5 cm³/mol. The summed E-state index contributed by atoms with van der Waals surface area (Å²) in [5, 5.41) is 6.43. The zero-order chi connectivity index (χ0) is 14.8. The van der Waals surface area contributed by atoms with E-state index < -0.39 is 0 Å². The Bertz CT molecular complexity index is 781. The summed E-state index contributed by atoms with van der Waals surface area (Å²) in [6.45, 7) is 4.36. The van der Waals surface area contributed by atoms with Crippen LogP contribution in [0.3, 0.4) is 0 Å². The van der Waals surface area contributed by atoms with Gasteiger partial charge in [-0.2, -0.15) is 0 Å². The maximum absolute atomic E-state index is 4.90. The van der Waals surface area contributed by atoms with E-state index in [4.69, 9.17) is 4.84 Å². The van der Waals surface area contributed by atoms with Gasteiger partial charge in [0.25, 0.3) is 0 Å². The largest absolute Gasteiger partial charge is 0.399 e. The molecule has 1 aliphatic carbocycles. The lowest BCUT2D eigenvalue weighted by atomic mass is 9.92. The highest BCUT2D eigenvalue weighted by molar-refractivity contribution is 6.05. The molecule has 0 spiro atoms. The van der Waals surface area contributed by atoms with Gasteiger partial charge in [-0.25, -0.2) is 0 Å². The standard InChI is InChI=1S/C19H19NO/c1-13-10-14(2)18(11-13)17-9-8-15-6-4-5-7-16(15)19(17)12-20-21-3/h4-10,12H,11H2,1-3H3. The van der Waals surface area contributed by atoms with E-state index in [2.05, 4.69) is 61.5 Å². The molecule has 0 radical (unpaired) electrons. The van der Waals surface area contributed by atoms with Crippen LogP contribution in [0.4, 0.5) is 0 Å². The van der Waals surface area contributed by atoms with Crippen LogP contribution in [0.5, 0.6) is 0 Å². The molecule has 0 N–H and O–H groups in total. The van der Waals surface area contributed by atoms with Crippen molar-refractivity contribution in [2.45, 2.75) is 20.3 Å². The van der Waals surface area contributed by atoms with Gasteiger partial charge in [-0.15, -0.1) is 0 Å². The van der Waals surface area contributed by atoms with Gasteiger partial charge in [0.1, 0.15) is 7.11 Å². The fraction of sp³-hybridized carbons (Fsp3) is 0.211. The van der Waals surface area contributed by atoms with E-state index in [0.29, 0.717) is 0 Å². The van der Waals surface area contributed by atoms with Crippen LogP contribution in [0, 0.1) is 0 Å². The average Bonchev–Trinajstić information content (AvgIpc) is 2.83. The number of hydrogen-bond donors (Lipinski definition) is 0. The molecule has 21 heavy (non-hydrogen) atoms. The van der Waals surface area contributed by atoms with E-state index in [1.807, 2.05) is 6.21 Å². The number of rotatable bonds is 3. The third-order valence-corrected chi connectivity index (χ3v) is 3.98. The summed E-state index contributed by atoms with van der Waals surface area (Å²) >= 11 is 0. The first-order valence-electron chi connectivity index (χ1n) is 7.16. The van der Waals surface area contributed by atoms with Crippen molar-refractivity contribution in [1.82, 2.24) is 0 Å². The molecule has 0 heterocycles. The quantitative estimate of drug-likeness (QED) is 0.575. The summed E-state index contributed by atoms with van der Waals surface area (Å²) in [6, 6.07) is 12.8. The van der Waals surface area contributed by atoms with Gasteiger partial charge in [0.2, 0.25) is 0 Å². The maximum Gasteiger partial charge on any atom is 0.106 e. The summed E-state index contributed by atoms with van der Waals surface area (Å²) < 4.78 is 0. The summed E-state index contributed by atoms with van der Waals surface area (Å²) in [5.41, 5.74) is 6.52. The van der Waals surface area contributed by atoms with Crippen molar-refractivity contribution in [1.29, 1.82) is 0 Å². The van der Waals surface area contributed by atoms with E-state index in [0.717, 1.165) is 12.0 Å². The summed E-state index contributed by atoms with van der Waals surface area (Å²) in [5.74, 6) is 0. The second-order valence-corrected chi connectivity index (χ2v) is 5.49. The normalized spacial score (nSPS) is 15.1. The van der Waals surface area contributed by atoms with Gasteiger partial charge < -0.3 is 4.84 Å². The first-order valence-corrected chi connectivity index (χ1v) is 7.16. The zero-order valence-electron chi connectivity index (χ0n) is 12.7. The second kappa shape index (κ2) is 5.57. The molecule has 2 aromatic carbocycles. The first-order chi connectivity index (χ1) is 10.2. The Hall–Kier alpha value is -2.35. The van der Waals surface area contributed by atoms with E-state index in [9.17, 15) is 0 Å². The van der Waals surface area contributed by atoms with Crippen LogP contribution in [-0.2, 0) is 4.84 Å². The number of allylic oxidation sites excluding steroid dienone is 4. The fourth-order valence-electron chi connectivity index (χ4n) is 3.04. The predicted octanol–water partition coefficient (Wildman–Crippen LogP) is 4.94. The molecular weight excluding hydrogens is 258 g/mol. The van der Waals surface area contributed by atoms with Gasteiger partial charge in [-0.05, 0) is 47.8 Å². The lowest BCUT2D eigenvalue weighted by Gasteiger charge is -2.12. The van der Waals surface area contributed by atoms with Gasteiger partial charge in [0.15, 0.2) is 0 Å². The molecule has 0 saturated carbocycles. The van der Waals surface area contributed by atoms with E-state index in [1.165, 1.54) is 33.1 Å². The van der Waals surface area contributed by atoms with Crippen molar-refractivity contribution >= 4 is 22.6 Å². The Kier molecular flexibility index (Phi) is 3.61. The molecule has 2 aromatic rings. The number of nitrogens with zero attached hydrogens (tertiary/aromatic N) is 1. The monoisotopic (exact) mass is 277 g/mol. The molecular formula is C19H19NO. The Balaban J connectivity index is 2.23. The summed E-state index contributed by atoms with van der Waals surface area (Å²) in [6.07, 6.45) is 5.10. The van der Waals surface area contributed by atoms with Gasteiger partial charge in [0, 0.05) is 5.56 Å². The van der Waals surface area contributed by atoms with Crippen molar-refractivity contribution in [2.75, 3.05) is 7.11 Å². The van der Waals surface area contributed by atoms with Crippen LogP contribution in [0.1, 0.15) is 31.4 Å². The Morgan fingerprint density at radius 2 is 1.90 bits per heavy atom. The van der Waals surface area contributed by atoms with Crippen molar-refractivity contribution in [3.05, 3.63) is 64.7 Å². The number of oxime groups is 1. The fourth-order valence-corrected chi connectivity index (χ4v) is 3.04. The van der Waals surface area contributed by atoms with Crippen molar-refractivity contribution in [3.63, 3.8) is 0 Å². The minimum atomic E-state index is 1.01. The number of benzene rings is 2. The zero-order valence-corrected chi connectivity index (χ0v) is 12.7. The lowest BCUT2D eigenvalue weighted by molar-refractivity contribution is 0.215. The molecule has 2 nitrogen and oxygen atoms in total. The van der Waals surface area contributed by atoms with Gasteiger partial charge in [-0.1, -0.05) is 53.2 Å². The van der Waals surface area contributed by atoms with Crippen LogP contribution >= 0.6 is 0 Å². The third kappa shape index (κ3) is 2.49. The molecule has 0 atom stereocenters. The molecule has 0 bridgehead atoms. The topological polar surface area (TPSA) is 21.6 Å². The van der Waals surface area contributed by atoms with Crippen LogP contribution < -0.4 is 0 Å². The van der Waals surface area contributed by atoms with Crippen LogP contribution in [0.15, 0.2) is 58.8 Å². The first kappa shape index (κ1) is 13.6. The number of fused-ring (bicyclic) bond motifs is 1. The van der Waals surface area contributed by atoms with Crippen molar-refractivity contribution in [3.8, 4) is 0 Å². The minimum Gasteiger partial charge on any atom is -0.399 e. The van der Waals surface area contributed by atoms with Crippen molar-refractivity contribution in [2.24, 2.45) is 5.16 Å². The molecule has 0 aliphatic heterocycles. The Morgan fingerprint density at radius 1 is 1.10 bits per heavy atom. The summed E-state index contributed by atoms with van der Waals surface area (Å²) in [7, 11) is 1.58. The Labute approximate surface area is 125 Å². The maximum atomic E-state index is 4.90. The summed E-state index contributed by atoms with van der Waals surface area (Å²) in [4.78, 5) is 4.90. The van der Waals surface area contributed by atoms with Crippen LogP contribution in [0.25, 0.3) is 16.3 Å². The molecule has 2 heteroatoms. The Morgan fingerprint density at radius 3 is 2.62 bits per heavy atom. The van der Waals surface area contributed by atoms with Crippen LogP contribution in [0.2, 0.25) is 0 Å². The molecule has 0 fully saturated rings. The van der Waals surface area contributed by atoms with Crippen molar-refractivity contribution < 1.29 is 4.84 Å². The highest BCUT2D eigenvalue weighted by atomic mass is 16.6. The molecule has 3 rings (SSSR count). The van der Waals surface area contributed by atoms with Gasteiger partial charge >= 0.3 is 0 Å². The van der Waals surface area contributed by atoms with Gasteiger partial charge in [-0.3, -0.25) is 0 Å². The third-order valence-electron chi connectivity index (χ3n) is 3.98. The molecule has 0 aromatic heterocycles. The van der Waals surface area contributed by atoms with E-state index in [1.54, 1.807) is 7.11 Å². The average molecular weight is 277 g/mol. The molecule has 0 saturated heterocycles. The SMILES string of the molecule is CON=Cc1c(C2=C(C)C=C(C)C2)ccc2ccccc12. The highest BCUT2D eigenvalue weighted by Gasteiger charge is 2.16. The molecule has 0 amide bonds. The number of hydrogen-bond acceptors (Lipinski definition) is 2. The van der Waals surface area contributed by atoms with E-state index >= 15 is 0 Å².